The first-order valence-corrected chi connectivity index (χ1v) is 10.6. The first kappa shape index (κ1) is 20.2. The van der Waals surface area contributed by atoms with Gasteiger partial charge in [-0.2, -0.15) is 0 Å². The van der Waals surface area contributed by atoms with E-state index in [4.69, 9.17) is 16.3 Å². The molecule has 4 rings (SSSR count). The molecule has 2 aromatic carbocycles. The van der Waals surface area contributed by atoms with Crippen LogP contribution in [0.3, 0.4) is 0 Å². The Kier molecular flexibility index (Phi) is 6.36. The lowest BCUT2D eigenvalue weighted by Crippen LogP contribution is -2.45. The minimum Gasteiger partial charge on any atom is -0.488 e. The van der Waals surface area contributed by atoms with Gasteiger partial charge >= 0.3 is 0 Å². The van der Waals surface area contributed by atoms with Crippen molar-refractivity contribution in [1.82, 2.24) is 9.80 Å². The van der Waals surface area contributed by atoms with E-state index in [1.54, 1.807) is 12.1 Å². The molecule has 0 unspecified atom stereocenters. The summed E-state index contributed by atoms with van der Waals surface area (Å²) in [4.78, 5) is 16.5. The summed E-state index contributed by atoms with van der Waals surface area (Å²) in [6.45, 7) is 3.71. The van der Waals surface area contributed by atoms with Gasteiger partial charge in [0.25, 0.3) is 0 Å². The Morgan fingerprint density at radius 3 is 2.59 bits per heavy atom. The lowest BCUT2D eigenvalue weighted by molar-refractivity contribution is -0.130. The molecule has 0 atom stereocenters. The molecule has 1 amide bonds. The molecular weight excluding hydrogens is 391 g/mol. The topological polar surface area (TPSA) is 32.8 Å². The fourth-order valence-corrected chi connectivity index (χ4v) is 4.50. The minimum absolute atomic E-state index is 0.0989. The molecule has 154 valence electrons. The molecule has 29 heavy (non-hydrogen) atoms. The van der Waals surface area contributed by atoms with Crippen LogP contribution in [0.5, 0.6) is 5.75 Å². The van der Waals surface area contributed by atoms with Crippen molar-refractivity contribution >= 4 is 17.5 Å². The average molecular weight is 417 g/mol. The molecule has 0 radical (unpaired) electrons. The zero-order valence-electron chi connectivity index (χ0n) is 16.4. The van der Waals surface area contributed by atoms with Gasteiger partial charge in [-0.15, -0.1) is 0 Å². The number of para-hydroxylation sites is 1. The van der Waals surface area contributed by atoms with Crippen LogP contribution >= 0.6 is 11.6 Å². The number of carbonyl (C=O) groups excluding carboxylic acids is 1. The predicted molar refractivity (Wildman–Crippen MR) is 111 cm³/mol. The van der Waals surface area contributed by atoms with Crippen LogP contribution in [-0.4, -0.2) is 41.4 Å². The van der Waals surface area contributed by atoms with Crippen LogP contribution in [0, 0.1) is 5.82 Å². The largest absolute Gasteiger partial charge is 0.488 e. The first-order chi connectivity index (χ1) is 14.1. The quantitative estimate of drug-likeness (QED) is 0.687. The summed E-state index contributed by atoms with van der Waals surface area (Å²) in [5.74, 6) is 0.714. The monoisotopic (exact) mass is 416 g/mol. The van der Waals surface area contributed by atoms with Gasteiger partial charge in [-0.3, -0.25) is 9.69 Å². The fourth-order valence-electron chi connectivity index (χ4n) is 4.28. The Bertz CT molecular complexity index is 847. The van der Waals surface area contributed by atoms with Gasteiger partial charge in [0.2, 0.25) is 5.91 Å². The van der Waals surface area contributed by atoms with Crippen LogP contribution in [-0.2, 0) is 17.9 Å². The van der Waals surface area contributed by atoms with E-state index in [1.165, 1.54) is 6.07 Å². The molecule has 6 heteroatoms. The van der Waals surface area contributed by atoms with E-state index in [1.807, 2.05) is 24.3 Å². The van der Waals surface area contributed by atoms with Crippen molar-refractivity contribution in [3.05, 3.63) is 64.4 Å². The first-order valence-electron chi connectivity index (χ1n) is 10.3. The molecule has 2 saturated heterocycles. The number of nitrogens with zero attached hydrogens (tertiary/aromatic N) is 2. The van der Waals surface area contributed by atoms with Crippen molar-refractivity contribution in [2.24, 2.45) is 0 Å². The molecule has 2 heterocycles. The lowest BCUT2D eigenvalue weighted by atomic mass is 10.0. The van der Waals surface area contributed by atoms with Crippen molar-refractivity contribution in [1.29, 1.82) is 0 Å². The SMILES string of the molecule is O=C1CCCN1C1CCN(Cc2ccccc2OCc2c(F)cccc2Cl)CC1. The average Bonchev–Trinajstić information content (AvgIpc) is 3.15. The predicted octanol–water partition coefficient (Wildman–Crippen LogP) is 4.64. The van der Waals surface area contributed by atoms with Crippen LogP contribution in [0.2, 0.25) is 5.02 Å². The Hall–Kier alpha value is -2.11. The van der Waals surface area contributed by atoms with Gasteiger partial charge in [0, 0.05) is 49.8 Å². The molecule has 0 aliphatic carbocycles. The Balaban J connectivity index is 1.36. The van der Waals surface area contributed by atoms with Crippen LogP contribution in [0.4, 0.5) is 4.39 Å². The van der Waals surface area contributed by atoms with E-state index >= 15 is 0 Å². The molecule has 0 N–H and O–H groups in total. The van der Waals surface area contributed by atoms with Crippen molar-refractivity contribution in [3.63, 3.8) is 0 Å². The lowest BCUT2D eigenvalue weighted by Gasteiger charge is -2.36. The Labute approximate surface area is 176 Å². The van der Waals surface area contributed by atoms with Gasteiger partial charge < -0.3 is 9.64 Å². The molecule has 2 aromatic rings. The number of amides is 1. The molecule has 0 saturated carbocycles. The second-order valence-corrected chi connectivity index (χ2v) is 8.20. The number of hydrogen-bond acceptors (Lipinski definition) is 3. The van der Waals surface area contributed by atoms with Crippen molar-refractivity contribution in [2.45, 2.75) is 44.9 Å². The highest BCUT2D eigenvalue weighted by molar-refractivity contribution is 6.31. The summed E-state index contributed by atoms with van der Waals surface area (Å²) in [5.41, 5.74) is 1.45. The third kappa shape index (κ3) is 4.73. The summed E-state index contributed by atoms with van der Waals surface area (Å²) in [6.07, 6.45) is 3.73. The second kappa shape index (κ2) is 9.14. The van der Waals surface area contributed by atoms with E-state index in [0.29, 0.717) is 29.0 Å². The number of likely N-dealkylation sites (tertiary alicyclic amines) is 2. The number of benzene rings is 2. The van der Waals surface area contributed by atoms with E-state index < -0.39 is 0 Å². The third-order valence-electron chi connectivity index (χ3n) is 5.91. The highest BCUT2D eigenvalue weighted by atomic mass is 35.5. The van der Waals surface area contributed by atoms with Gasteiger partial charge in [-0.05, 0) is 37.5 Å². The highest BCUT2D eigenvalue weighted by Gasteiger charge is 2.30. The molecular formula is C23H26ClFN2O2. The maximum atomic E-state index is 14.0. The molecule has 2 aliphatic heterocycles. The second-order valence-electron chi connectivity index (χ2n) is 7.79. The summed E-state index contributed by atoms with van der Waals surface area (Å²) in [7, 11) is 0. The number of halogens is 2. The summed E-state index contributed by atoms with van der Waals surface area (Å²) in [5, 5.41) is 0.376. The number of hydrogen-bond donors (Lipinski definition) is 0. The van der Waals surface area contributed by atoms with Crippen molar-refractivity contribution in [3.8, 4) is 5.75 Å². The minimum atomic E-state index is -0.353. The van der Waals surface area contributed by atoms with Crippen molar-refractivity contribution < 1.29 is 13.9 Å². The normalized spacial score (nSPS) is 18.4. The van der Waals surface area contributed by atoms with Gasteiger partial charge in [0.15, 0.2) is 0 Å². The zero-order chi connectivity index (χ0) is 20.2. The van der Waals surface area contributed by atoms with E-state index in [-0.39, 0.29) is 12.4 Å². The molecule has 2 aliphatic rings. The summed E-state index contributed by atoms with van der Waals surface area (Å²) >= 11 is 6.11. The molecule has 4 nitrogen and oxygen atoms in total. The van der Waals surface area contributed by atoms with Crippen LogP contribution < -0.4 is 4.74 Å². The standard InChI is InChI=1S/C23H26ClFN2O2/c24-20-6-3-7-21(25)19(20)16-29-22-8-2-1-5-17(22)15-26-13-10-18(11-14-26)27-12-4-9-23(27)28/h1-3,5-8,18H,4,9-16H2. The molecule has 0 bridgehead atoms. The zero-order valence-corrected chi connectivity index (χ0v) is 17.2. The van der Waals surface area contributed by atoms with E-state index in [2.05, 4.69) is 9.80 Å². The van der Waals surface area contributed by atoms with Gasteiger partial charge in [-0.25, -0.2) is 4.39 Å². The van der Waals surface area contributed by atoms with Crippen LogP contribution in [0.15, 0.2) is 42.5 Å². The van der Waals surface area contributed by atoms with Gasteiger partial charge in [0.1, 0.15) is 18.2 Å². The smallest absolute Gasteiger partial charge is 0.222 e. The van der Waals surface area contributed by atoms with Gasteiger partial charge in [0.05, 0.1) is 5.02 Å². The molecule has 0 aromatic heterocycles. The number of carbonyl (C=O) groups is 1. The highest BCUT2D eigenvalue weighted by Crippen LogP contribution is 2.27. The van der Waals surface area contributed by atoms with Gasteiger partial charge in [-0.1, -0.05) is 35.9 Å². The summed E-state index contributed by atoms with van der Waals surface area (Å²) < 4.78 is 20.0. The third-order valence-corrected chi connectivity index (χ3v) is 6.26. The van der Waals surface area contributed by atoms with Crippen LogP contribution in [0.1, 0.15) is 36.8 Å². The fraction of sp³-hybridized carbons (Fsp3) is 0.435. The number of rotatable bonds is 6. The Morgan fingerprint density at radius 2 is 1.86 bits per heavy atom. The maximum Gasteiger partial charge on any atom is 0.222 e. The van der Waals surface area contributed by atoms with Crippen molar-refractivity contribution in [2.75, 3.05) is 19.6 Å². The van der Waals surface area contributed by atoms with Crippen LogP contribution in [0.25, 0.3) is 0 Å². The van der Waals surface area contributed by atoms with E-state index in [0.717, 1.165) is 56.8 Å². The molecule has 0 spiro atoms. The maximum absolute atomic E-state index is 14.0. The van der Waals surface area contributed by atoms with E-state index in [9.17, 15) is 9.18 Å². The summed E-state index contributed by atoms with van der Waals surface area (Å²) in [6, 6.07) is 12.9. The Morgan fingerprint density at radius 1 is 1.07 bits per heavy atom. The number of piperidine rings is 1. The molecule has 2 fully saturated rings. The number of ether oxygens (including phenoxy) is 1.